The second kappa shape index (κ2) is 5.36. The maximum atomic E-state index is 12.4. The number of ketones is 1. The Labute approximate surface area is 115 Å². The Morgan fingerprint density at radius 2 is 1.89 bits per heavy atom. The molecule has 0 heterocycles. The maximum Gasteiger partial charge on any atom is 0.194 e. The molecule has 0 bridgehead atoms. The molecule has 0 aliphatic heterocycles. The lowest BCUT2D eigenvalue weighted by atomic mass is 10.0. The van der Waals surface area contributed by atoms with Crippen LogP contribution in [-0.4, -0.2) is 12.9 Å². The van der Waals surface area contributed by atoms with Crippen molar-refractivity contribution in [2.75, 3.05) is 7.11 Å². The molecule has 2 nitrogen and oxygen atoms in total. The molecule has 0 amide bonds. The quantitative estimate of drug-likeness (QED) is 0.801. The van der Waals surface area contributed by atoms with Crippen molar-refractivity contribution in [2.24, 2.45) is 0 Å². The highest BCUT2D eigenvalue weighted by atomic mass is 79.9. The Kier molecular flexibility index (Phi) is 3.82. The zero-order valence-electron chi connectivity index (χ0n) is 10.2. The predicted molar refractivity (Wildman–Crippen MR) is 75.3 cm³/mol. The zero-order valence-corrected chi connectivity index (χ0v) is 11.8. The number of hydrogen-bond acceptors (Lipinski definition) is 2. The first-order chi connectivity index (χ1) is 8.63. The van der Waals surface area contributed by atoms with Gasteiger partial charge in [-0.3, -0.25) is 4.79 Å². The first-order valence-electron chi connectivity index (χ1n) is 5.57. The van der Waals surface area contributed by atoms with E-state index < -0.39 is 0 Å². The van der Waals surface area contributed by atoms with E-state index in [1.807, 2.05) is 37.3 Å². The van der Waals surface area contributed by atoms with Crippen molar-refractivity contribution in [3.63, 3.8) is 0 Å². The molecule has 0 aliphatic carbocycles. The van der Waals surface area contributed by atoms with Crippen molar-refractivity contribution in [1.82, 2.24) is 0 Å². The van der Waals surface area contributed by atoms with Gasteiger partial charge in [-0.05, 0) is 46.6 Å². The summed E-state index contributed by atoms with van der Waals surface area (Å²) < 4.78 is 5.98. The van der Waals surface area contributed by atoms with Gasteiger partial charge in [0.05, 0.1) is 7.11 Å². The molecule has 92 valence electrons. The van der Waals surface area contributed by atoms with Crippen molar-refractivity contribution in [1.29, 1.82) is 0 Å². The van der Waals surface area contributed by atoms with Gasteiger partial charge in [0.2, 0.25) is 0 Å². The Bertz CT molecular complexity index is 591. The summed E-state index contributed by atoms with van der Waals surface area (Å²) in [5.74, 6) is 0.675. The third kappa shape index (κ3) is 2.46. The van der Waals surface area contributed by atoms with Crippen LogP contribution in [0.2, 0.25) is 0 Å². The van der Waals surface area contributed by atoms with Crippen LogP contribution in [0.1, 0.15) is 21.5 Å². The molecule has 3 heteroatoms. The minimum Gasteiger partial charge on any atom is -0.497 e. The van der Waals surface area contributed by atoms with Crippen LogP contribution in [0.15, 0.2) is 46.9 Å². The van der Waals surface area contributed by atoms with Crippen LogP contribution in [0.5, 0.6) is 5.75 Å². The molecule has 0 spiro atoms. The second-order valence-corrected chi connectivity index (χ2v) is 4.79. The highest BCUT2D eigenvalue weighted by molar-refractivity contribution is 9.10. The Hall–Kier alpha value is -1.61. The molecule has 0 radical (unpaired) electrons. The van der Waals surface area contributed by atoms with Crippen LogP contribution < -0.4 is 4.74 Å². The lowest BCUT2D eigenvalue weighted by molar-refractivity contribution is 0.103. The first kappa shape index (κ1) is 12.8. The predicted octanol–water partition coefficient (Wildman–Crippen LogP) is 4.00. The van der Waals surface area contributed by atoms with Crippen LogP contribution in [0.3, 0.4) is 0 Å². The van der Waals surface area contributed by atoms with Crippen molar-refractivity contribution >= 4 is 21.7 Å². The highest BCUT2D eigenvalue weighted by Crippen LogP contribution is 2.24. The van der Waals surface area contributed by atoms with Crippen LogP contribution in [0.25, 0.3) is 0 Å². The molecule has 0 aliphatic rings. The third-order valence-electron chi connectivity index (χ3n) is 2.77. The van der Waals surface area contributed by atoms with Gasteiger partial charge in [-0.25, -0.2) is 0 Å². The number of carbonyl (C=O) groups is 1. The Morgan fingerprint density at radius 3 is 2.61 bits per heavy atom. The number of carbonyl (C=O) groups excluding carboxylic acids is 1. The second-order valence-electron chi connectivity index (χ2n) is 4.00. The van der Waals surface area contributed by atoms with Gasteiger partial charge in [0.15, 0.2) is 5.78 Å². The van der Waals surface area contributed by atoms with E-state index in [4.69, 9.17) is 4.74 Å². The Morgan fingerprint density at radius 1 is 1.17 bits per heavy atom. The summed E-state index contributed by atoms with van der Waals surface area (Å²) in [5, 5.41) is 0. The first-order valence-corrected chi connectivity index (χ1v) is 6.36. The van der Waals surface area contributed by atoms with Gasteiger partial charge in [0.25, 0.3) is 0 Å². The van der Waals surface area contributed by atoms with Gasteiger partial charge in [-0.15, -0.1) is 0 Å². The molecule has 0 saturated carbocycles. The highest BCUT2D eigenvalue weighted by Gasteiger charge is 2.13. The molecule has 2 rings (SSSR count). The summed E-state index contributed by atoms with van der Waals surface area (Å²) in [6.07, 6.45) is 0. The average Bonchev–Trinajstić information content (AvgIpc) is 2.41. The molecule has 0 fully saturated rings. The molecule has 0 unspecified atom stereocenters. The van der Waals surface area contributed by atoms with E-state index in [0.29, 0.717) is 16.9 Å². The number of benzene rings is 2. The summed E-state index contributed by atoms with van der Waals surface area (Å²) in [4.78, 5) is 12.4. The summed E-state index contributed by atoms with van der Waals surface area (Å²) in [6, 6.07) is 12.8. The largest absolute Gasteiger partial charge is 0.497 e. The number of methoxy groups -OCH3 is 1. The smallest absolute Gasteiger partial charge is 0.194 e. The van der Waals surface area contributed by atoms with E-state index in [1.54, 1.807) is 19.2 Å². The molecule has 0 atom stereocenters. The third-order valence-corrected chi connectivity index (χ3v) is 3.82. The van der Waals surface area contributed by atoms with E-state index in [1.165, 1.54) is 0 Å². The molecule has 2 aromatic carbocycles. The van der Waals surface area contributed by atoms with E-state index in [-0.39, 0.29) is 5.78 Å². The fourth-order valence-electron chi connectivity index (χ4n) is 1.74. The normalized spacial score (nSPS) is 10.2. The molecular formula is C15H13BrO2. The van der Waals surface area contributed by atoms with Gasteiger partial charge in [0, 0.05) is 15.6 Å². The van der Waals surface area contributed by atoms with E-state index in [9.17, 15) is 4.79 Å². The number of halogens is 1. The lowest BCUT2D eigenvalue weighted by Gasteiger charge is -2.07. The summed E-state index contributed by atoms with van der Waals surface area (Å²) in [6.45, 7) is 1.96. The van der Waals surface area contributed by atoms with Gasteiger partial charge < -0.3 is 4.74 Å². The molecule has 18 heavy (non-hydrogen) atoms. The number of ether oxygens (including phenoxy) is 1. The van der Waals surface area contributed by atoms with Gasteiger partial charge in [-0.1, -0.05) is 24.3 Å². The summed E-state index contributed by atoms with van der Waals surface area (Å²) in [5.41, 5.74) is 2.34. The summed E-state index contributed by atoms with van der Waals surface area (Å²) in [7, 11) is 1.59. The molecule has 0 N–H and O–H groups in total. The van der Waals surface area contributed by atoms with Crippen LogP contribution in [0, 0.1) is 6.92 Å². The fraction of sp³-hybridized carbons (Fsp3) is 0.133. The molecule has 2 aromatic rings. The minimum absolute atomic E-state index is 0.00975. The molecule has 0 saturated heterocycles. The maximum absolute atomic E-state index is 12.4. The number of hydrogen-bond donors (Lipinski definition) is 0. The van der Waals surface area contributed by atoms with Crippen molar-refractivity contribution in [3.8, 4) is 5.75 Å². The Balaban J connectivity index is 2.44. The van der Waals surface area contributed by atoms with Gasteiger partial charge in [0.1, 0.15) is 5.75 Å². The monoisotopic (exact) mass is 304 g/mol. The zero-order chi connectivity index (χ0) is 13.1. The van der Waals surface area contributed by atoms with Crippen LogP contribution in [-0.2, 0) is 0 Å². The van der Waals surface area contributed by atoms with Gasteiger partial charge in [-0.2, -0.15) is 0 Å². The molecular weight excluding hydrogens is 292 g/mol. The van der Waals surface area contributed by atoms with Crippen molar-refractivity contribution in [3.05, 3.63) is 63.6 Å². The fourth-order valence-corrected chi connectivity index (χ4v) is 2.19. The van der Waals surface area contributed by atoms with E-state index in [0.717, 1.165) is 10.0 Å². The minimum atomic E-state index is -0.00975. The van der Waals surface area contributed by atoms with E-state index in [2.05, 4.69) is 15.9 Å². The van der Waals surface area contributed by atoms with Crippen LogP contribution in [0.4, 0.5) is 0 Å². The van der Waals surface area contributed by atoms with Gasteiger partial charge >= 0.3 is 0 Å². The van der Waals surface area contributed by atoms with Crippen LogP contribution >= 0.6 is 15.9 Å². The molecule has 0 aromatic heterocycles. The topological polar surface area (TPSA) is 26.3 Å². The standard InChI is InChI=1S/C15H13BrO2/c1-10-5-3-8-13(14(10)16)15(17)11-6-4-7-12(9-11)18-2/h3-9H,1-2H3. The number of aryl methyl sites for hydroxylation is 1. The van der Waals surface area contributed by atoms with Crippen molar-refractivity contribution < 1.29 is 9.53 Å². The lowest BCUT2D eigenvalue weighted by Crippen LogP contribution is -2.03. The average molecular weight is 305 g/mol. The SMILES string of the molecule is COc1cccc(C(=O)c2cccc(C)c2Br)c1. The van der Waals surface area contributed by atoms with E-state index >= 15 is 0 Å². The number of rotatable bonds is 3. The summed E-state index contributed by atoms with van der Waals surface area (Å²) >= 11 is 3.46. The van der Waals surface area contributed by atoms with Crippen molar-refractivity contribution in [2.45, 2.75) is 6.92 Å².